The van der Waals surface area contributed by atoms with E-state index in [0.717, 1.165) is 5.56 Å². The number of amides is 1. The first-order valence-electron chi connectivity index (χ1n) is 8.04. The minimum atomic E-state index is -4.26. The van der Waals surface area contributed by atoms with Crippen molar-refractivity contribution in [1.29, 1.82) is 0 Å². The Labute approximate surface area is 143 Å². The summed E-state index contributed by atoms with van der Waals surface area (Å²) < 4.78 is 43.1. The highest BCUT2D eigenvalue weighted by atomic mass is 19.4. The van der Waals surface area contributed by atoms with Crippen molar-refractivity contribution < 1.29 is 32.6 Å². The fourth-order valence-corrected chi connectivity index (χ4v) is 3.05. The Bertz CT molecular complexity index is 583. The van der Waals surface area contributed by atoms with Crippen LogP contribution in [0.3, 0.4) is 0 Å². The number of alkyl carbamates (subject to hydrolysis) is 1. The van der Waals surface area contributed by atoms with Crippen LogP contribution in [0.2, 0.25) is 0 Å². The van der Waals surface area contributed by atoms with Gasteiger partial charge < -0.3 is 15.2 Å². The summed E-state index contributed by atoms with van der Waals surface area (Å²) in [6, 6.07) is 7.60. The van der Waals surface area contributed by atoms with E-state index in [0.29, 0.717) is 0 Å². The fourth-order valence-electron chi connectivity index (χ4n) is 3.05. The molecule has 0 aliphatic heterocycles. The average Bonchev–Trinajstić information content (AvgIpc) is 2.58. The maximum absolute atomic E-state index is 12.7. The molecule has 25 heavy (non-hydrogen) atoms. The lowest BCUT2D eigenvalue weighted by molar-refractivity contribution is -0.184. The molecule has 8 heteroatoms. The monoisotopic (exact) mass is 359 g/mol. The van der Waals surface area contributed by atoms with Crippen LogP contribution in [0.1, 0.15) is 31.2 Å². The Hall–Kier alpha value is -2.25. The lowest BCUT2D eigenvalue weighted by Crippen LogP contribution is -2.47. The van der Waals surface area contributed by atoms with Crippen LogP contribution in [0, 0.1) is 11.8 Å². The third kappa shape index (κ3) is 5.65. The van der Waals surface area contributed by atoms with E-state index in [4.69, 9.17) is 4.74 Å². The van der Waals surface area contributed by atoms with Gasteiger partial charge >= 0.3 is 18.2 Å². The van der Waals surface area contributed by atoms with E-state index in [-0.39, 0.29) is 32.3 Å². The first-order valence-corrected chi connectivity index (χ1v) is 8.04. The van der Waals surface area contributed by atoms with Gasteiger partial charge in [-0.1, -0.05) is 30.3 Å². The molecular weight excluding hydrogens is 339 g/mol. The van der Waals surface area contributed by atoms with Crippen LogP contribution < -0.4 is 5.32 Å². The highest BCUT2D eigenvalue weighted by Gasteiger charge is 2.43. The maximum Gasteiger partial charge on any atom is 0.408 e. The van der Waals surface area contributed by atoms with Gasteiger partial charge in [0.05, 0.1) is 5.92 Å². The molecule has 0 bridgehead atoms. The molecule has 2 N–H and O–H groups in total. The molecule has 0 spiro atoms. The Kier molecular flexibility index (Phi) is 6.27. The number of hydrogen-bond donors (Lipinski definition) is 2. The molecule has 0 aromatic heterocycles. The number of carboxylic acids is 1. The number of nitrogens with one attached hydrogen (secondary N) is 1. The first kappa shape index (κ1) is 19.1. The standard InChI is InChI=1S/C17H20F3NO4/c18-17(19,20)13-8-6-12(7-9-13)14(15(22)23)21-16(24)25-10-11-4-2-1-3-5-11/h1-5,12-14H,6-10H2,(H,21,24)(H,22,23)/t12?,13?,14-/m0/s1. The summed E-state index contributed by atoms with van der Waals surface area (Å²) in [6.45, 7) is -0.0141. The van der Waals surface area contributed by atoms with E-state index in [1.165, 1.54) is 0 Å². The van der Waals surface area contributed by atoms with Crippen molar-refractivity contribution in [1.82, 2.24) is 5.32 Å². The lowest BCUT2D eigenvalue weighted by Gasteiger charge is -2.32. The van der Waals surface area contributed by atoms with E-state index in [1.807, 2.05) is 0 Å². The maximum atomic E-state index is 12.7. The highest BCUT2D eigenvalue weighted by Crippen LogP contribution is 2.40. The second kappa shape index (κ2) is 8.22. The Balaban J connectivity index is 1.86. The van der Waals surface area contributed by atoms with Crippen LogP contribution in [0.15, 0.2) is 30.3 Å². The number of rotatable bonds is 5. The summed E-state index contributed by atoms with van der Waals surface area (Å²) in [4.78, 5) is 23.2. The van der Waals surface area contributed by atoms with Crippen molar-refractivity contribution in [2.75, 3.05) is 0 Å². The van der Waals surface area contributed by atoms with Crippen molar-refractivity contribution in [3.8, 4) is 0 Å². The first-order chi connectivity index (χ1) is 11.8. The van der Waals surface area contributed by atoms with Gasteiger partial charge in [0.1, 0.15) is 12.6 Å². The zero-order chi connectivity index (χ0) is 18.4. The minimum Gasteiger partial charge on any atom is -0.480 e. The van der Waals surface area contributed by atoms with Crippen molar-refractivity contribution in [2.45, 2.75) is 44.5 Å². The summed E-state index contributed by atoms with van der Waals surface area (Å²) in [5.41, 5.74) is 0.746. The molecule has 0 radical (unpaired) electrons. The van der Waals surface area contributed by atoms with E-state index in [2.05, 4.69) is 5.32 Å². The molecule has 1 atom stereocenters. The second-order valence-electron chi connectivity index (χ2n) is 6.18. The number of carbonyl (C=O) groups is 2. The Morgan fingerprint density at radius 3 is 2.28 bits per heavy atom. The number of halogens is 3. The molecule has 1 saturated carbocycles. The van der Waals surface area contributed by atoms with Gasteiger partial charge in [-0.3, -0.25) is 0 Å². The largest absolute Gasteiger partial charge is 0.480 e. The number of carbonyl (C=O) groups excluding carboxylic acids is 1. The smallest absolute Gasteiger partial charge is 0.408 e. The van der Waals surface area contributed by atoms with Gasteiger partial charge in [-0.2, -0.15) is 13.2 Å². The summed E-state index contributed by atoms with van der Waals surface area (Å²) in [5.74, 6) is -3.21. The molecule has 1 aliphatic rings. The van der Waals surface area contributed by atoms with Crippen molar-refractivity contribution in [3.05, 3.63) is 35.9 Å². The Morgan fingerprint density at radius 2 is 1.76 bits per heavy atom. The summed E-state index contributed by atoms with van der Waals surface area (Å²) in [6.07, 6.45) is -5.21. The minimum absolute atomic E-state index is 0.0141. The predicted octanol–water partition coefficient (Wildman–Crippen LogP) is 3.73. The van der Waals surface area contributed by atoms with Crippen molar-refractivity contribution >= 4 is 12.1 Å². The van der Waals surface area contributed by atoms with Crippen LogP contribution in [0.25, 0.3) is 0 Å². The van der Waals surface area contributed by atoms with E-state index >= 15 is 0 Å². The number of benzene rings is 1. The van der Waals surface area contributed by atoms with Gasteiger partial charge in [0.25, 0.3) is 0 Å². The zero-order valence-corrected chi connectivity index (χ0v) is 13.5. The van der Waals surface area contributed by atoms with E-state index in [1.54, 1.807) is 30.3 Å². The zero-order valence-electron chi connectivity index (χ0n) is 13.5. The molecule has 138 valence electrons. The molecule has 1 fully saturated rings. The molecule has 1 aliphatic carbocycles. The number of hydrogen-bond acceptors (Lipinski definition) is 3. The molecule has 2 rings (SSSR count). The Morgan fingerprint density at radius 1 is 1.16 bits per heavy atom. The molecule has 0 unspecified atom stereocenters. The molecule has 5 nitrogen and oxygen atoms in total. The van der Waals surface area contributed by atoms with Gasteiger partial charge in [0, 0.05) is 0 Å². The fraction of sp³-hybridized carbons (Fsp3) is 0.529. The number of aliphatic carboxylic acids is 1. The number of ether oxygens (including phenoxy) is 1. The molecule has 1 aromatic rings. The quantitative estimate of drug-likeness (QED) is 0.840. The van der Waals surface area contributed by atoms with E-state index in [9.17, 15) is 27.9 Å². The average molecular weight is 359 g/mol. The van der Waals surface area contributed by atoms with Gasteiger partial charge in [0.2, 0.25) is 0 Å². The number of carboxylic acid groups (broad SMARTS) is 1. The van der Waals surface area contributed by atoms with Crippen LogP contribution >= 0.6 is 0 Å². The normalized spacial score (nSPS) is 22.0. The predicted molar refractivity (Wildman–Crippen MR) is 82.7 cm³/mol. The van der Waals surface area contributed by atoms with Crippen LogP contribution in [-0.2, 0) is 16.1 Å². The van der Waals surface area contributed by atoms with Gasteiger partial charge in [0.15, 0.2) is 0 Å². The summed E-state index contributed by atoms with van der Waals surface area (Å²) >= 11 is 0. The third-order valence-electron chi connectivity index (χ3n) is 4.46. The molecule has 1 aromatic carbocycles. The lowest BCUT2D eigenvalue weighted by atomic mass is 9.78. The van der Waals surface area contributed by atoms with E-state index < -0.39 is 36.1 Å². The summed E-state index contributed by atoms with van der Waals surface area (Å²) in [7, 11) is 0. The van der Waals surface area contributed by atoms with Crippen molar-refractivity contribution in [3.63, 3.8) is 0 Å². The van der Waals surface area contributed by atoms with Crippen LogP contribution in [0.4, 0.5) is 18.0 Å². The van der Waals surface area contributed by atoms with Gasteiger partial charge in [-0.25, -0.2) is 9.59 Å². The molecule has 0 saturated heterocycles. The molecule has 0 heterocycles. The van der Waals surface area contributed by atoms with Gasteiger partial charge in [-0.05, 0) is 37.2 Å². The second-order valence-corrected chi connectivity index (χ2v) is 6.18. The highest BCUT2D eigenvalue weighted by molar-refractivity contribution is 5.80. The van der Waals surface area contributed by atoms with Gasteiger partial charge in [-0.15, -0.1) is 0 Å². The topological polar surface area (TPSA) is 75.6 Å². The van der Waals surface area contributed by atoms with Crippen LogP contribution in [0.5, 0.6) is 0 Å². The van der Waals surface area contributed by atoms with Crippen molar-refractivity contribution in [2.24, 2.45) is 11.8 Å². The SMILES string of the molecule is O=C(N[C@H](C(=O)O)C1CCC(C(F)(F)F)CC1)OCc1ccccc1. The van der Waals surface area contributed by atoms with Crippen LogP contribution in [-0.4, -0.2) is 29.4 Å². The molecule has 1 amide bonds. The number of alkyl halides is 3. The third-order valence-corrected chi connectivity index (χ3v) is 4.46. The molecular formula is C17H20F3NO4. The summed E-state index contributed by atoms with van der Waals surface area (Å²) in [5, 5.41) is 11.6.